The van der Waals surface area contributed by atoms with Gasteiger partial charge in [0.05, 0.1) is 5.69 Å². The largest absolute Gasteiger partial charge is 0.324 e. The molecule has 3 rings (SSSR count). The van der Waals surface area contributed by atoms with Gasteiger partial charge >= 0.3 is 0 Å². The van der Waals surface area contributed by atoms with Crippen LogP contribution in [0, 0.1) is 0 Å². The zero-order chi connectivity index (χ0) is 11.3. The van der Waals surface area contributed by atoms with E-state index in [0.717, 1.165) is 42.5 Å². The molecule has 0 radical (unpaired) electrons. The van der Waals surface area contributed by atoms with E-state index in [2.05, 4.69) is 11.5 Å². The zero-order valence-corrected chi connectivity index (χ0v) is 10.4. The Morgan fingerprint density at radius 1 is 1.56 bits per heavy atom. The first kappa shape index (κ1) is 10.6. The van der Waals surface area contributed by atoms with E-state index in [-0.39, 0.29) is 5.54 Å². The molecular formula is C12H18ClN3. The van der Waals surface area contributed by atoms with E-state index >= 15 is 0 Å². The van der Waals surface area contributed by atoms with Crippen LogP contribution >= 0.6 is 11.6 Å². The first-order valence-corrected chi connectivity index (χ1v) is 6.57. The number of hydrogen-bond donors (Lipinski definition) is 1. The number of rotatable bonds is 2. The maximum Gasteiger partial charge on any atom is 0.132 e. The molecule has 0 spiro atoms. The summed E-state index contributed by atoms with van der Waals surface area (Å²) in [5, 5.41) is 0.839. The number of halogens is 1. The summed E-state index contributed by atoms with van der Waals surface area (Å²) in [4.78, 5) is 4.71. The molecule has 2 aliphatic rings. The van der Waals surface area contributed by atoms with Gasteiger partial charge in [0.2, 0.25) is 0 Å². The van der Waals surface area contributed by atoms with Gasteiger partial charge in [-0.15, -0.1) is 0 Å². The summed E-state index contributed by atoms with van der Waals surface area (Å²) in [5.41, 5.74) is 7.40. The van der Waals surface area contributed by atoms with Crippen molar-refractivity contribution < 1.29 is 0 Å². The highest BCUT2D eigenvalue weighted by molar-refractivity contribution is 6.30. The molecule has 1 unspecified atom stereocenters. The summed E-state index contributed by atoms with van der Waals surface area (Å²) in [6, 6.07) is 0. The van der Waals surface area contributed by atoms with Crippen molar-refractivity contribution in [2.45, 2.75) is 57.0 Å². The van der Waals surface area contributed by atoms with E-state index in [0.29, 0.717) is 5.92 Å². The molecule has 88 valence electrons. The lowest BCUT2D eigenvalue weighted by atomic mass is 9.89. The van der Waals surface area contributed by atoms with Crippen LogP contribution in [-0.4, -0.2) is 15.1 Å². The monoisotopic (exact) mass is 239 g/mol. The molecular weight excluding hydrogens is 222 g/mol. The van der Waals surface area contributed by atoms with Crippen molar-refractivity contribution in [2.75, 3.05) is 0 Å². The molecule has 3 nitrogen and oxygen atoms in total. The number of imidazole rings is 1. The Labute approximate surface area is 101 Å². The van der Waals surface area contributed by atoms with Gasteiger partial charge in [-0.2, -0.15) is 0 Å². The molecule has 0 saturated heterocycles. The van der Waals surface area contributed by atoms with Crippen LogP contribution in [-0.2, 0) is 13.0 Å². The first-order valence-electron chi connectivity index (χ1n) is 6.19. The molecule has 1 atom stereocenters. The fourth-order valence-corrected chi connectivity index (χ4v) is 3.17. The molecule has 2 heterocycles. The highest BCUT2D eigenvalue weighted by Gasteiger charge is 2.49. The summed E-state index contributed by atoms with van der Waals surface area (Å²) in [5.74, 6) is 1.58. The molecule has 1 aliphatic carbocycles. The summed E-state index contributed by atoms with van der Waals surface area (Å²) in [6.07, 6.45) is 5.54. The predicted octanol–water partition coefficient (Wildman–Crippen LogP) is 2.47. The van der Waals surface area contributed by atoms with Gasteiger partial charge in [0.1, 0.15) is 11.0 Å². The maximum absolute atomic E-state index is 6.34. The van der Waals surface area contributed by atoms with Crippen molar-refractivity contribution in [1.82, 2.24) is 9.55 Å². The van der Waals surface area contributed by atoms with Crippen molar-refractivity contribution in [3.05, 3.63) is 16.7 Å². The summed E-state index contributed by atoms with van der Waals surface area (Å²) >= 11 is 6.34. The van der Waals surface area contributed by atoms with E-state index in [9.17, 15) is 0 Å². The SMILES string of the molecule is CCc1nc2n(c1Cl)CCCC2C1(N)CC1. The third-order valence-corrected chi connectivity index (χ3v) is 4.47. The highest BCUT2D eigenvalue weighted by atomic mass is 35.5. The maximum atomic E-state index is 6.34. The molecule has 1 aromatic rings. The summed E-state index contributed by atoms with van der Waals surface area (Å²) in [7, 11) is 0. The van der Waals surface area contributed by atoms with E-state index < -0.39 is 0 Å². The number of fused-ring (bicyclic) bond motifs is 1. The molecule has 1 saturated carbocycles. The molecule has 2 N–H and O–H groups in total. The molecule has 1 fully saturated rings. The smallest absolute Gasteiger partial charge is 0.132 e. The Balaban J connectivity index is 2.05. The van der Waals surface area contributed by atoms with Gasteiger partial charge in [-0.25, -0.2) is 4.98 Å². The van der Waals surface area contributed by atoms with Crippen molar-refractivity contribution in [3.8, 4) is 0 Å². The summed E-state index contributed by atoms with van der Waals surface area (Å²) in [6.45, 7) is 3.11. The van der Waals surface area contributed by atoms with Crippen LogP contribution in [0.15, 0.2) is 0 Å². The third-order valence-electron chi connectivity index (χ3n) is 4.04. The van der Waals surface area contributed by atoms with Crippen LogP contribution in [0.1, 0.15) is 50.0 Å². The number of hydrogen-bond acceptors (Lipinski definition) is 2. The number of aryl methyl sites for hydroxylation is 1. The van der Waals surface area contributed by atoms with Crippen molar-refractivity contribution >= 4 is 11.6 Å². The second-order valence-corrected chi connectivity index (χ2v) is 5.50. The quantitative estimate of drug-likeness (QED) is 0.862. The van der Waals surface area contributed by atoms with E-state index in [4.69, 9.17) is 22.3 Å². The van der Waals surface area contributed by atoms with Crippen LogP contribution in [0.25, 0.3) is 0 Å². The van der Waals surface area contributed by atoms with Crippen LogP contribution in [0.4, 0.5) is 0 Å². The van der Waals surface area contributed by atoms with Crippen molar-refractivity contribution in [2.24, 2.45) is 5.73 Å². The highest BCUT2D eigenvalue weighted by Crippen LogP contribution is 2.49. The number of aromatic nitrogens is 2. The molecule has 16 heavy (non-hydrogen) atoms. The standard InChI is InChI=1S/C12H18ClN3/c1-2-9-10(13)16-7-3-4-8(11(16)15-9)12(14)5-6-12/h8H,2-7,14H2,1H3. The molecule has 0 amide bonds. The number of nitrogens with zero attached hydrogens (tertiary/aromatic N) is 2. The van der Waals surface area contributed by atoms with Gasteiger partial charge < -0.3 is 10.3 Å². The average molecular weight is 240 g/mol. The minimum atomic E-state index is 0.0257. The minimum Gasteiger partial charge on any atom is -0.324 e. The van der Waals surface area contributed by atoms with Gasteiger partial charge in [0.15, 0.2) is 0 Å². The Morgan fingerprint density at radius 3 is 2.94 bits per heavy atom. The lowest BCUT2D eigenvalue weighted by Crippen LogP contribution is -2.34. The normalized spacial score (nSPS) is 26.6. The van der Waals surface area contributed by atoms with E-state index in [1.165, 1.54) is 12.8 Å². The lowest BCUT2D eigenvalue weighted by Gasteiger charge is -2.28. The molecule has 4 heteroatoms. The lowest BCUT2D eigenvalue weighted by molar-refractivity contribution is 0.379. The second kappa shape index (κ2) is 3.47. The number of nitrogens with two attached hydrogens (primary N) is 1. The van der Waals surface area contributed by atoms with E-state index in [1.807, 2.05) is 0 Å². The minimum absolute atomic E-state index is 0.0257. The average Bonchev–Trinajstić information content (AvgIpc) is 2.95. The van der Waals surface area contributed by atoms with Gasteiger partial charge in [-0.1, -0.05) is 18.5 Å². The molecule has 0 bridgehead atoms. The Bertz CT molecular complexity index is 420. The third kappa shape index (κ3) is 1.41. The van der Waals surface area contributed by atoms with E-state index in [1.54, 1.807) is 0 Å². The second-order valence-electron chi connectivity index (χ2n) is 5.14. The van der Waals surface area contributed by atoms with Crippen LogP contribution < -0.4 is 5.73 Å². The van der Waals surface area contributed by atoms with Crippen molar-refractivity contribution in [3.63, 3.8) is 0 Å². The Hall–Kier alpha value is -0.540. The first-order chi connectivity index (χ1) is 7.65. The Morgan fingerprint density at radius 2 is 2.31 bits per heavy atom. The molecule has 1 aromatic heterocycles. The van der Waals surface area contributed by atoms with Crippen LogP contribution in [0.2, 0.25) is 5.15 Å². The molecule has 1 aliphatic heterocycles. The van der Waals surface area contributed by atoms with Crippen molar-refractivity contribution in [1.29, 1.82) is 0 Å². The zero-order valence-electron chi connectivity index (χ0n) is 9.67. The molecule has 0 aromatic carbocycles. The van der Waals surface area contributed by atoms with Crippen LogP contribution in [0.3, 0.4) is 0 Å². The Kier molecular flexibility index (Phi) is 2.30. The topological polar surface area (TPSA) is 43.8 Å². The fourth-order valence-electron chi connectivity index (χ4n) is 2.82. The van der Waals surface area contributed by atoms with Gasteiger partial charge in [0.25, 0.3) is 0 Å². The van der Waals surface area contributed by atoms with Crippen LogP contribution in [0.5, 0.6) is 0 Å². The fraction of sp³-hybridized carbons (Fsp3) is 0.750. The van der Waals surface area contributed by atoms with Gasteiger partial charge in [-0.3, -0.25) is 0 Å². The predicted molar refractivity (Wildman–Crippen MR) is 64.7 cm³/mol. The summed E-state index contributed by atoms with van der Waals surface area (Å²) < 4.78 is 2.18. The van der Waals surface area contributed by atoms with Gasteiger partial charge in [-0.05, 0) is 32.1 Å². The van der Waals surface area contributed by atoms with Gasteiger partial charge in [0, 0.05) is 18.0 Å².